The molecule has 0 saturated carbocycles. The van der Waals surface area contributed by atoms with Crippen LogP contribution in [0.2, 0.25) is 0 Å². The fourth-order valence-electron chi connectivity index (χ4n) is 3.17. The SMILES string of the molecule is O=C(O)c1ccc2c(c1)-c1c(cc(O)c3ccccc13)C2. The molecular formula is C18H12O3. The molecule has 4 rings (SSSR count). The van der Waals surface area contributed by atoms with Crippen LogP contribution in [0, 0.1) is 0 Å². The standard InChI is InChI=1S/C18H12O3/c19-16-9-12-7-10-5-6-11(18(20)21)8-15(10)17(12)14-4-2-1-3-13(14)16/h1-6,8-9,19H,7H2,(H,20,21). The number of hydrogen-bond acceptors (Lipinski definition) is 2. The van der Waals surface area contributed by atoms with Crippen molar-refractivity contribution in [3.63, 3.8) is 0 Å². The molecule has 21 heavy (non-hydrogen) atoms. The molecule has 3 aromatic carbocycles. The van der Waals surface area contributed by atoms with Crippen molar-refractivity contribution in [1.82, 2.24) is 0 Å². The van der Waals surface area contributed by atoms with Crippen molar-refractivity contribution in [3.05, 3.63) is 65.2 Å². The zero-order valence-electron chi connectivity index (χ0n) is 11.1. The van der Waals surface area contributed by atoms with E-state index in [-0.39, 0.29) is 5.75 Å². The third-order valence-corrected chi connectivity index (χ3v) is 4.11. The van der Waals surface area contributed by atoms with Gasteiger partial charge in [-0.25, -0.2) is 4.79 Å². The van der Waals surface area contributed by atoms with E-state index < -0.39 is 5.97 Å². The molecule has 3 nitrogen and oxygen atoms in total. The minimum absolute atomic E-state index is 0.274. The Kier molecular flexibility index (Phi) is 2.33. The molecule has 0 heterocycles. The Balaban J connectivity index is 2.09. The van der Waals surface area contributed by atoms with Gasteiger partial charge < -0.3 is 10.2 Å². The van der Waals surface area contributed by atoms with Crippen LogP contribution < -0.4 is 0 Å². The number of carboxylic acid groups (broad SMARTS) is 1. The van der Waals surface area contributed by atoms with Gasteiger partial charge in [0.15, 0.2) is 0 Å². The van der Waals surface area contributed by atoms with Crippen molar-refractivity contribution in [2.45, 2.75) is 6.42 Å². The van der Waals surface area contributed by atoms with Crippen LogP contribution in [0.25, 0.3) is 21.9 Å². The topological polar surface area (TPSA) is 57.5 Å². The Morgan fingerprint density at radius 1 is 0.952 bits per heavy atom. The van der Waals surface area contributed by atoms with E-state index in [9.17, 15) is 15.0 Å². The Morgan fingerprint density at radius 3 is 2.48 bits per heavy atom. The van der Waals surface area contributed by atoms with Gasteiger partial charge in [-0.05, 0) is 52.3 Å². The van der Waals surface area contributed by atoms with Gasteiger partial charge in [0, 0.05) is 5.39 Å². The van der Waals surface area contributed by atoms with Gasteiger partial charge in [0.2, 0.25) is 0 Å². The zero-order chi connectivity index (χ0) is 14.6. The summed E-state index contributed by atoms with van der Waals surface area (Å²) in [6, 6.07) is 14.7. The van der Waals surface area contributed by atoms with Crippen LogP contribution in [-0.2, 0) is 6.42 Å². The second kappa shape index (κ2) is 4.09. The summed E-state index contributed by atoms with van der Waals surface area (Å²) in [6.45, 7) is 0. The summed E-state index contributed by atoms with van der Waals surface area (Å²) in [6.07, 6.45) is 0.725. The number of carboxylic acids is 1. The molecule has 3 heteroatoms. The van der Waals surface area contributed by atoms with Gasteiger partial charge in [-0.1, -0.05) is 30.3 Å². The molecule has 0 saturated heterocycles. The van der Waals surface area contributed by atoms with Gasteiger partial charge in [0.25, 0.3) is 0 Å². The molecule has 2 N–H and O–H groups in total. The smallest absolute Gasteiger partial charge is 0.335 e. The molecule has 0 radical (unpaired) electrons. The summed E-state index contributed by atoms with van der Waals surface area (Å²) >= 11 is 0. The molecule has 0 atom stereocenters. The summed E-state index contributed by atoms with van der Waals surface area (Å²) in [7, 11) is 0. The van der Waals surface area contributed by atoms with E-state index in [0.717, 1.165) is 39.4 Å². The molecular weight excluding hydrogens is 264 g/mol. The van der Waals surface area contributed by atoms with Gasteiger partial charge in [0.05, 0.1) is 5.56 Å². The summed E-state index contributed by atoms with van der Waals surface area (Å²) in [5.41, 5.74) is 4.44. The lowest BCUT2D eigenvalue weighted by atomic mass is 9.96. The lowest BCUT2D eigenvalue weighted by Crippen LogP contribution is -1.96. The fraction of sp³-hybridized carbons (Fsp3) is 0.0556. The summed E-state index contributed by atoms with van der Waals surface area (Å²) < 4.78 is 0. The molecule has 0 aromatic heterocycles. The second-order valence-electron chi connectivity index (χ2n) is 5.33. The van der Waals surface area contributed by atoms with Crippen molar-refractivity contribution >= 4 is 16.7 Å². The fourth-order valence-corrected chi connectivity index (χ4v) is 3.17. The van der Waals surface area contributed by atoms with Crippen molar-refractivity contribution in [3.8, 4) is 16.9 Å². The van der Waals surface area contributed by atoms with E-state index in [1.807, 2.05) is 30.3 Å². The van der Waals surface area contributed by atoms with Crippen LogP contribution in [0.3, 0.4) is 0 Å². The largest absolute Gasteiger partial charge is 0.507 e. The first-order valence-electron chi connectivity index (χ1n) is 6.75. The predicted octanol–water partition coefficient (Wildman–Crippen LogP) is 3.81. The third kappa shape index (κ3) is 1.64. The van der Waals surface area contributed by atoms with E-state index in [1.165, 1.54) is 0 Å². The van der Waals surface area contributed by atoms with Crippen LogP contribution >= 0.6 is 0 Å². The zero-order valence-corrected chi connectivity index (χ0v) is 11.1. The highest BCUT2D eigenvalue weighted by atomic mass is 16.4. The molecule has 1 aliphatic carbocycles. The maximum Gasteiger partial charge on any atom is 0.335 e. The number of rotatable bonds is 1. The minimum atomic E-state index is -0.922. The van der Waals surface area contributed by atoms with Crippen molar-refractivity contribution in [1.29, 1.82) is 0 Å². The first kappa shape index (κ1) is 12.0. The average molecular weight is 276 g/mol. The van der Waals surface area contributed by atoms with E-state index in [4.69, 9.17) is 0 Å². The van der Waals surface area contributed by atoms with Crippen LogP contribution in [0.1, 0.15) is 21.5 Å². The molecule has 0 unspecified atom stereocenters. The highest BCUT2D eigenvalue weighted by molar-refractivity contribution is 6.04. The Hall–Kier alpha value is -2.81. The highest BCUT2D eigenvalue weighted by Gasteiger charge is 2.23. The number of phenols is 1. The lowest BCUT2D eigenvalue weighted by molar-refractivity contribution is 0.0697. The minimum Gasteiger partial charge on any atom is -0.507 e. The van der Waals surface area contributed by atoms with Crippen LogP contribution in [-0.4, -0.2) is 16.2 Å². The van der Waals surface area contributed by atoms with Gasteiger partial charge in [0.1, 0.15) is 5.75 Å². The summed E-state index contributed by atoms with van der Waals surface area (Å²) in [5, 5.41) is 21.1. The molecule has 0 aliphatic heterocycles. The monoisotopic (exact) mass is 276 g/mol. The van der Waals surface area contributed by atoms with Crippen molar-refractivity contribution in [2.75, 3.05) is 0 Å². The number of aromatic carboxylic acids is 1. The van der Waals surface area contributed by atoms with Crippen LogP contribution in [0.5, 0.6) is 5.75 Å². The Morgan fingerprint density at radius 2 is 1.71 bits per heavy atom. The molecule has 0 fully saturated rings. The number of benzene rings is 3. The second-order valence-corrected chi connectivity index (χ2v) is 5.33. The number of carbonyl (C=O) groups is 1. The highest BCUT2D eigenvalue weighted by Crippen LogP contribution is 2.44. The molecule has 0 bridgehead atoms. The van der Waals surface area contributed by atoms with Crippen molar-refractivity contribution < 1.29 is 15.0 Å². The number of fused-ring (bicyclic) bond motifs is 5. The normalized spacial score (nSPS) is 12.2. The summed E-state index contributed by atoms with van der Waals surface area (Å²) in [4.78, 5) is 11.2. The third-order valence-electron chi connectivity index (χ3n) is 4.11. The molecule has 3 aromatic rings. The van der Waals surface area contributed by atoms with E-state index in [2.05, 4.69) is 0 Å². The van der Waals surface area contributed by atoms with Gasteiger partial charge >= 0.3 is 5.97 Å². The Bertz CT molecular complexity index is 910. The maximum absolute atomic E-state index is 11.2. The van der Waals surface area contributed by atoms with Crippen molar-refractivity contribution in [2.24, 2.45) is 0 Å². The van der Waals surface area contributed by atoms with E-state index in [1.54, 1.807) is 18.2 Å². The predicted molar refractivity (Wildman–Crippen MR) is 80.8 cm³/mol. The first-order chi connectivity index (χ1) is 10.1. The van der Waals surface area contributed by atoms with E-state index >= 15 is 0 Å². The average Bonchev–Trinajstić information content (AvgIpc) is 2.84. The number of phenolic OH excluding ortho intramolecular Hbond substituents is 1. The lowest BCUT2D eigenvalue weighted by Gasteiger charge is -2.09. The molecule has 0 spiro atoms. The number of aromatic hydroxyl groups is 1. The van der Waals surface area contributed by atoms with Crippen LogP contribution in [0.4, 0.5) is 0 Å². The summed E-state index contributed by atoms with van der Waals surface area (Å²) in [5.74, 6) is -0.648. The molecule has 1 aliphatic rings. The Labute approximate surface area is 121 Å². The maximum atomic E-state index is 11.2. The number of hydrogen-bond donors (Lipinski definition) is 2. The molecule has 102 valence electrons. The molecule has 0 amide bonds. The van der Waals surface area contributed by atoms with Crippen LogP contribution in [0.15, 0.2) is 48.5 Å². The first-order valence-corrected chi connectivity index (χ1v) is 6.75. The van der Waals surface area contributed by atoms with Gasteiger partial charge in [-0.2, -0.15) is 0 Å². The van der Waals surface area contributed by atoms with Gasteiger partial charge in [-0.15, -0.1) is 0 Å². The van der Waals surface area contributed by atoms with E-state index in [0.29, 0.717) is 5.56 Å². The van der Waals surface area contributed by atoms with Gasteiger partial charge in [-0.3, -0.25) is 0 Å². The quantitative estimate of drug-likeness (QED) is 0.555.